The second kappa shape index (κ2) is 8.86. The first-order valence-electron chi connectivity index (χ1n) is 9.64. The van der Waals surface area contributed by atoms with Gasteiger partial charge in [-0.05, 0) is 42.0 Å². The predicted molar refractivity (Wildman–Crippen MR) is 117 cm³/mol. The Bertz CT molecular complexity index is 665. The lowest BCUT2D eigenvalue weighted by Crippen LogP contribution is -2.23. The largest absolute Gasteiger partial charge is 0.352 e. The molecule has 2 heteroatoms. The third kappa shape index (κ3) is 5.32. The van der Waals surface area contributed by atoms with E-state index in [0.29, 0.717) is 0 Å². The van der Waals surface area contributed by atoms with Crippen LogP contribution in [0, 0.1) is 11.8 Å². The Balaban J connectivity index is 2.44. The molecule has 0 unspecified atom stereocenters. The molecule has 2 aromatic rings. The molecule has 1 nitrogen and oxygen atoms in total. The van der Waals surface area contributed by atoms with Gasteiger partial charge in [-0.3, -0.25) is 0 Å². The van der Waals surface area contributed by atoms with Crippen LogP contribution >= 0.6 is 7.26 Å². The van der Waals surface area contributed by atoms with Crippen molar-refractivity contribution in [2.24, 2.45) is 11.8 Å². The van der Waals surface area contributed by atoms with Gasteiger partial charge in [-0.25, -0.2) is 0 Å². The maximum absolute atomic E-state index is 3.77. The van der Waals surface area contributed by atoms with Crippen molar-refractivity contribution in [2.75, 3.05) is 24.3 Å². The van der Waals surface area contributed by atoms with Crippen LogP contribution in [0.4, 0.5) is 11.4 Å². The molecule has 0 heterocycles. The first-order valence-corrected chi connectivity index (χ1v) is 12.3. The van der Waals surface area contributed by atoms with Crippen molar-refractivity contribution in [1.29, 1.82) is 0 Å². The number of benzene rings is 2. The Labute approximate surface area is 155 Å². The predicted octanol–water partition coefficient (Wildman–Crippen LogP) is 6.58. The zero-order valence-corrected chi connectivity index (χ0v) is 17.7. The molecule has 1 N–H and O–H groups in total. The molecule has 0 amide bonds. The lowest BCUT2D eigenvalue weighted by atomic mass is 10.1. The molecule has 0 aliphatic carbocycles. The van der Waals surface area contributed by atoms with Gasteiger partial charge in [-0.15, -0.1) is 0 Å². The van der Waals surface area contributed by atoms with Crippen LogP contribution in [-0.4, -0.2) is 19.0 Å². The molecule has 0 aliphatic rings. The lowest BCUT2D eigenvalue weighted by molar-refractivity contribution is 0.716. The molecular formula is C23H35NP+. The summed E-state index contributed by atoms with van der Waals surface area (Å²) in [6.45, 7) is 14.2. The van der Waals surface area contributed by atoms with E-state index in [1.165, 1.54) is 29.3 Å². The van der Waals surface area contributed by atoms with Crippen molar-refractivity contribution in [2.45, 2.75) is 41.0 Å². The fourth-order valence-electron chi connectivity index (χ4n) is 4.03. The Kier molecular flexibility index (Phi) is 7.08. The normalized spacial score (nSPS) is 12.0. The van der Waals surface area contributed by atoms with Gasteiger partial charge < -0.3 is 5.32 Å². The summed E-state index contributed by atoms with van der Waals surface area (Å²) in [7, 11) is -1.19. The minimum absolute atomic E-state index is 0.730. The van der Waals surface area contributed by atoms with E-state index in [2.05, 4.69) is 95.1 Å². The molecule has 0 aromatic heterocycles. The van der Waals surface area contributed by atoms with E-state index in [4.69, 9.17) is 0 Å². The third-order valence-electron chi connectivity index (χ3n) is 4.69. The summed E-state index contributed by atoms with van der Waals surface area (Å²) in [6.07, 6.45) is 3.69. The zero-order chi connectivity index (χ0) is 18.4. The van der Waals surface area contributed by atoms with Gasteiger partial charge in [0.2, 0.25) is 0 Å². The maximum atomic E-state index is 3.77. The minimum atomic E-state index is -1.19. The molecule has 2 rings (SSSR count). The van der Waals surface area contributed by atoms with Crippen molar-refractivity contribution in [1.82, 2.24) is 0 Å². The van der Waals surface area contributed by atoms with Crippen LogP contribution in [0.3, 0.4) is 0 Å². The zero-order valence-electron chi connectivity index (χ0n) is 16.8. The monoisotopic (exact) mass is 356 g/mol. The van der Waals surface area contributed by atoms with Gasteiger partial charge >= 0.3 is 0 Å². The van der Waals surface area contributed by atoms with Crippen LogP contribution in [0.5, 0.6) is 0 Å². The summed E-state index contributed by atoms with van der Waals surface area (Å²) in [4.78, 5) is 0. The smallest absolute Gasteiger partial charge is 0.117 e. The molecule has 0 aliphatic heterocycles. The van der Waals surface area contributed by atoms with Gasteiger partial charge in [0.25, 0.3) is 0 Å². The number of para-hydroxylation sites is 2. The maximum Gasteiger partial charge on any atom is 0.117 e. The van der Waals surface area contributed by atoms with Gasteiger partial charge in [-0.2, -0.15) is 0 Å². The Morgan fingerprint density at radius 3 is 1.88 bits per heavy atom. The van der Waals surface area contributed by atoms with Crippen LogP contribution in [0.15, 0.2) is 48.5 Å². The standard InChI is InChI=1S/C23H35NP/c1-7-20-12-8-9-13-21(20)24-22-14-10-11-15-23(22)25(6,16-18(2)3)17-19(4)5/h8-15,18-19,24H,7,16-17H2,1-6H3/q+1. The summed E-state index contributed by atoms with van der Waals surface area (Å²) in [5, 5.41) is 5.33. The van der Waals surface area contributed by atoms with Crippen LogP contribution in [-0.2, 0) is 6.42 Å². The van der Waals surface area contributed by atoms with Gasteiger partial charge in [0.05, 0.1) is 24.7 Å². The molecule has 0 saturated carbocycles. The van der Waals surface area contributed by atoms with E-state index in [1.807, 2.05) is 0 Å². The number of hydrogen-bond donors (Lipinski definition) is 1. The number of aryl methyl sites for hydroxylation is 1. The van der Waals surface area contributed by atoms with Gasteiger partial charge in [0.15, 0.2) is 0 Å². The summed E-state index contributed by atoms with van der Waals surface area (Å²) in [5.41, 5.74) is 3.93. The van der Waals surface area contributed by atoms with Gasteiger partial charge in [0.1, 0.15) is 5.30 Å². The van der Waals surface area contributed by atoms with Crippen LogP contribution < -0.4 is 10.6 Å². The van der Waals surface area contributed by atoms with Crippen molar-refractivity contribution in [3.63, 3.8) is 0 Å². The first kappa shape index (κ1) is 20.0. The highest BCUT2D eigenvalue weighted by Gasteiger charge is 2.38. The van der Waals surface area contributed by atoms with E-state index >= 15 is 0 Å². The third-order valence-corrected chi connectivity index (χ3v) is 9.32. The Morgan fingerprint density at radius 1 is 0.800 bits per heavy atom. The van der Waals surface area contributed by atoms with Crippen LogP contribution in [0.1, 0.15) is 40.2 Å². The van der Waals surface area contributed by atoms with Gasteiger partial charge in [0, 0.05) is 12.9 Å². The quantitative estimate of drug-likeness (QED) is 0.527. The average Bonchev–Trinajstić information content (AvgIpc) is 2.54. The second-order valence-electron chi connectivity index (χ2n) is 8.20. The van der Waals surface area contributed by atoms with E-state index in [-0.39, 0.29) is 0 Å². The summed E-state index contributed by atoms with van der Waals surface area (Å²) in [5.74, 6) is 1.46. The van der Waals surface area contributed by atoms with Crippen molar-refractivity contribution in [3.8, 4) is 0 Å². The molecular weight excluding hydrogens is 321 g/mol. The fourth-order valence-corrected chi connectivity index (χ4v) is 8.95. The fraction of sp³-hybridized carbons (Fsp3) is 0.478. The topological polar surface area (TPSA) is 12.0 Å². The molecule has 0 bridgehead atoms. The van der Waals surface area contributed by atoms with Crippen LogP contribution in [0.25, 0.3) is 0 Å². The van der Waals surface area contributed by atoms with E-state index < -0.39 is 7.26 Å². The van der Waals surface area contributed by atoms with Crippen molar-refractivity contribution in [3.05, 3.63) is 54.1 Å². The minimum Gasteiger partial charge on any atom is -0.352 e. The summed E-state index contributed by atoms with van der Waals surface area (Å²) in [6, 6.07) is 17.7. The number of hydrogen-bond acceptors (Lipinski definition) is 1. The molecule has 136 valence electrons. The SMILES string of the molecule is CCc1ccccc1Nc1ccccc1[P+](C)(CC(C)C)CC(C)C. The molecule has 2 aromatic carbocycles. The van der Waals surface area contributed by atoms with Gasteiger partial charge in [-0.1, -0.05) is 65.0 Å². The number of nitrogens with one attached hydrogen (secondary N) is 1. The van der Waals surface area contributed by atoms with E-state index in [0.717, 1.165) is 18.3 Å². The highest BCUT2D eigenvalue weighted by Crippen LogP contribution is 2.58. The average molecular weight is 357 g/mol. The molecule has 0 radical (unpaired) electrons. The molecule has 0 fully saturated rings. The Morgan fingerprint density at radius 2 is 1.32 bits per heavy atom. The second-order valence-corrected chi connectivity index (χ2v) is 12.2. The van der Waals surface area contributed by atoms with Crippen LogP contribution in [0.2, 0.25) is 0 Å². The number of rotatable bonds is 8. The first-order chi connectivity index (χ1) is 11.9. The highest BCUT2D eigenvalue weighted by molar-refractivity contribution is 7.82. The summed E-state index contributed by atoms with van der Waals surface area (Å²) >= 11 is 0. The Hall–Kier alpha value is -1.33. The molecule has 0 spiro atoms. The molecule has 0 saturated heterocycles. The van der Waals surface area contributed by atoms with E-state index in [9.17, 15) is 0 Å². The molecule has 25 heavy (non-hydrogen) atoms. The lowest BCUT2D eigenvalue weighted by Gasteiger charge is -2.29. The van der Waals surface area contributed by atoms with Crippen molar-refractivity contribution >= 4 is 23.9 Å². The molecule has 0 atom stereocenters. The summed E-state index contributed by atoms with van der Waals surface area (Å²) < 4.78 is 0. The highest BCUT2D eigenvalue weighted by atomic mass is 31.2. The van der Waals surface area contributed by atoms with Crippen molar-refractivity contribution < 1.29 is 0 Å². The van der Waals surface area contributed by atoms with E-state index in [1.54, 1.807) is 5.30 Å². The number of anilines is 2.